The number of hydrogen-bond acceptors (Lipinski definition) is 4. The van der Waals surface area contributed by atoms with E-state index in [2.05, 4.69) is 44.9 Å². The van der Waals surface area contributed by atoms with E-state index >= 15 is 0 Å². The molecule has 1 aromatic heterocycles. The minimum atomic E-state index is 0. The van der Waals surface area contributed by atoms with E-state index in [1.54, 1.807) is 0 Å². The lowest BCUT2D eigenvalue weighted by molar-refractivity contribution is 0.170. The van der Waals surface area contributed by atoms with Gasteiger partial charge in [0.25, 0.3) is 0 Å². The summed E-state index contributed by atoms with van der Waals surface area (Å²) >= 11 is 0. The Bertz CT molecular complexity index is 427. The number of piperazine rings is 1. The maximum atomic E-state index is 4.44. The van der Waals surface area contributed by atoms with Crippen LogP contribution in [0.15, 0.2) is 12.4 Å². The monoisotopic (exact) mass is 313 g/mol. The van der Waals surface area contributed by atoms with Crippen LogP contribution in [0.2, 0.25) is 0 Å². The van der Waals surface area contributed by atoms with Crippen molar-refractivity contribution >= 4 is 12.4 Å². The molecule has 2 saturated heterocycles. The maximum absolute atomic E-state index is 4.44. The molecule has 1 atom stereocenters. The molecule has 1 N–H and O–H groups in total. The summed E-state index contributed by atoms with van der Waals surface area (Å²) in [6, 6.07) is 1.22. The Morgan fingerprint density at radius 3 is 2.71 bits per heavy atom. The van der Waals surface area contributed by atoms with Gasteiger partial charge in [-0.15, -0.1) is 12.4 Å². The van der Waals surface area contributed by atoms with E-state index in [0.717, 1.165) is 25.7 Å². The summed E-state index contributed by atoms with van der Waals surface area (Å²) in [5.41, 5.74) is 1.35. The van der Waals surface area contributed by atoms with Gasteiger partial charge in [0.15, 0.2) is 0 Å². The predicted molar refractivity (Wildman–Crippen MR) is 88.0 cm³/mol. The lowest BCUT2D eigenvalue weighted by Crippen LogP contribution is -2.49. The normalized spacial score (nSPS) is 24.4. The zero-order valence-corrected chi connectivity index (χ0v) is 14.0. The first-order valence-corrected chi connectivity index (χ1v) is 7.92. The Morgan fingerprint density at radius 1 is 1.29 bits per heavy atom. The van der Waals surface area contributed by atoms with Crippen molar-refractivity contribution in [2.24, 2.45) is 0 Å². The van der Waals surface area contributed by atoms with Gasteiger partial charge in [-0.1, -0.05) is 0 Å². The first-order valence-electron chi connectivity index (χ1n) is 7.92. The molecular formula is C15H28ClN5. The van der Waals surface area contributed by atoms with Gasteiger partial charge in [-0.2, -0.15) is 5.10 Å². The van der Waals surface area contributed by atoms with E-state index in [1.165, 1.54) is 38.2 Å². The second kappa shape index (κ2) is 7.58. The molecule has 1 unspecified atom stereocenters. The molecule has 3 heterocycles. The van der Waals surface area contributed by atoms with Crippen LogP contribution in [0, 0.1) is 0 Å². The van der Waals surface area contributed by atoms with Crippen molar-refractivity contribution in [3.8, 4) is 0 Å². The summed E-state index contributed by atoms with van der Waals surface area (Å²) in [5.74, 6) is 0. The molecule has 3 rings (SSSR count). The van der Waals surface area contributed by atoms with Crippen LogP contribution >= 0.6 is 12.4 Å². The molecule has 0 aromatic carbocycles. The molecule has 0 bridgehead atoms. The zero-order valence-electron chi connectivity index (χ0n) is 13.2. The van der Waals surface area contributed by atoms with Gasteiger partial charge in [-0.05, 0) is 20.3 Å². The number of aromatic nitrogens is 2. The molecule has 0 radical (unpaired) electrons. The van der Waals surface area contributed by atoms with Gasteiger partial charge in [0.05, 0.1) is 6.20 Å². The largest absolute Gasteiger partial charge is 0.314 e. The lowest BCUT2D eigenvalue weighted by atomic mass is 10.2. The van der Waals surface area contributed by atoms with Crippen LogP contribution in [-0.2, 0) is 6.54 Å². The van der Waals surface area contributed by atoms with E-state index in [0.29, 0.717) is 6.04 Å². The number of rotatable bonds is 4. The van der Waals surface area contributed by atoms with Crippen LogP contribution in [0.1, 0.15) is 31.9 Å². The van der Waals surface area contributed by atoms with Crippen LogP contribution in [-0.4, -0.2) is 64.9 Å². The predicted octanol–water partition coefficient (Wildman–Crippen LogP) is 1.37. The van der Waals surface area contributed by atoms with Gasteiger partial charge >= 0.3 is 0 Å². The highest BCUT2D eigenvalue weighted by atomic mass is 35.5. The molecule has 21 heavy (non-hydrogen) atoms. The van der Waals surface area contributed by atoms with E-state index in [4.69, 9.17) is 0 Å². The summed E-state index contributed by atoms with van der Waals surface area (Å²) in [4.78, 5) is 5.24. The number of hydrogen-bond donors (Lipinski definition) is 1. The first-order chi connectivity index (χ1) is 9.72. The highest BCUT2D eigenvalue weighted by Gasteiger charge is 2.28. The molecule has 120 valence electrons. The van der Waals surface area contributed by atoms with Crippen molar-refractivity contribution < 1.29 is 0 Å². The Hall–Kier alpha value is -0.620. The summed E-state index contributed by atoms with van der Waals surface area (Å²) in [6.07, 6.45) is 5.54. The fourth-order valence-electron chi connectivity index (χ4n) is 3.30. The van der Waals surface area contributed by atoms with Crippen molar-refractivity contribution in [3.63, 3.8) is 0 Å². The molecule has 2 aliphatic rings. The number of halogens is 1. The smallest absolute Gasteiger partial charge is 0.0534 e. The number of nitrogens with zero attached hydrogens (tertiary/aromatic N) is 4. The zero-order chi connectivity index (χ0) is 13.9. The van der Waals surface area contributed by atoms with Gasteiger partial charge in [0, 0.05) is 69.7 Å². The maximum Gasteiger partial charge on any atom is 0.0534 e. The average molecular weight is 314 g/mol. The molecule has 1 aromatic rings. The van der Waals surface area contributed by atoms with Crippen molar-refractivity contribution in [2.75, 3.05) is 39.3 Å². The van der Waals surface area contributed by atoms with Crippen molar-refractivity contribution in [3.05, 3.63) is 18.0 Å². The van der Waals surface area contributed by atoms with E-state index < -0.39 is 0 Å². The summed E-state index contributed by atoms with van der Waals surface area (Å²) < 4.78 is 2.05. The first kappa shape index (κ1) is 16.7. The quantitative estimate of drug-likeness (QED) is 0.911. The average Bonchev–Trinajstić information content (AvgIpc) is 3.10. The molecule has 2 fully saturated rings. The van der Waals surface area contributed by atoms with Gasteiger partial charge in [0.1, 0.15) is 0 Å². The second-order valence-corrected chi connectivity index (χ2v) is 6.39. The van der Waals surface area contributed by atoms with Gasteiger partial charge in [-0.25, -0.2) is 0 Å². The third-order valence-corrected chi connectivity index (χ3v) is 4.51. The third kappa shape index (κ3) is 4.19. The fraction of sp³-hybridized carbons (Fsp3) is 0.800. The van der Waals surface area contributed by atoms with Crippen LogP contribution in [0.3, 0.4) is 0 Å². The Labute approximate surface area is 134 Å². The Kier molecular flexibility index (Phi) is 6.05. The lowest BCUT2D eigenvalue weighted by Gasteiger charge is -2.32. The highest BCUT2D eigenvalue weighted by molar-refractivity contribution is 5.85. The third-order valence-electron chi connectivity index (χ3n) is 4.51. The number of nitrogens with one attached hydrogen (secondary N) is 1. The van der Waals surface area contributed by atoms with Gasteiger partial charge < -0.3 is 5.32 Å². The minimum Gasteiger partial charge on any atom is -0.314 e. The van der Waals surface area contributed by atoms with Crippen LogP contribution in [0.5, 0.6) is 0 Å². The number of likely N-dealkylation sites (tertiary alicyclic amines) is 1. The van der Waals surface area contributed by atoms with Crippen LogP contribution in [0.4, 0.5) is 0 Å². The molecule has 6 heteroatoms. The molecule has 2 aliphatic heterocycles. The van der Waals surface area contributed by atoms with E-state index in [9.17, 15) is 0 Å². The SMILES string of the molecule is CC(C)n1cc(CN2CCC(N3CCNCC3)C2)cn1.Cl. The van der Waals surface area contributed by atoms with E-state index in [-0.39, 0.29) is 12.4 Å². The second-order valence-electron chi connectivity index (χ2n) is 6.39. The topological polar surface area (TPSA) is 36.3 Å². The molecule has 0 spiro atoms. The summed E-state index contributed by atoms with van der Waals surface area (Å²) in [5, 5.41) is 7.87. The molecule has 0 aliphatic carbocycles. The molecular weight excluding hydrogens is 286 g/mol. The van der Waals surface area contributed by atoms with Crippen molar-refractivity contribution in [1.82, 2.24) is 24.9 Å². The molecule has 0 amide bonds. The van der Waals surface area contributed by atoms with Crippen molar-refractivity contribution in [1.29, 1.82) is 0 Å². The molecule has 5 nitrogen and oxygen atoms in total. The summed E-state index contributed by atoms with van der Waals surface area (Å²) in [7, 11) is 0. The van der Waals surface area contributed by atoms with Crippen molar-refractivity contribution in [2.45, 2.75) is 38.9 Å². The van der Waals surface area contributed by atoms with E-state index in [1.807, 2.05) is 6.20 Å². The van der Waals surface area contributed by atoms with Crippen LogP contribution < -0.4 is 5.32 Å². The highest BCUT2D eigenvalue weighted by Crippen LogP contribution is 2.18. The fourth-order valence-corrected chi connectivity index (χ4v) is 3.30. The minimum absolute atomic E-state index is 0. The standard InChI is InChI=1S/C15H27N5.ClH/c1-13(2)20-11-14(9-17-20)10-18-6-3-15(12-18)19-7-4-16-5-8-19;/h9,11,13,15-16H,3-8,10,12H2,1-2H3;1H. The Balaban J connectivity index is 0.00000161. The Morgan fingerprint density at radius 2 is 2.05 bits per heavy atom. The van der Waals surface area contributed by atoms with Gasteiger partial charge in [-0.3, -0.25) is 14.5 Å². The van der Waals surface area contributed by atoms with Crippen LogP contribution in [0.25, 0.3) is 0 Å². The molecule has 0 saturated carbocycles. The summed E-state index contributed by atoms with van der Waals surface area (Å²) in [6.45, 7) is 12.6. The van der Waals surface area contributed by atoms with Gasteiger partial charge in [0.2, 0.25) is 0 Å².